The molecule has 74 valence electrons. The van der Waals surface area contributed by atoms with Crippen LogP contribution in [0.3, 0.4) is 0 Å². The Morgan fingerprint density at radius 1 is 1.07 bits per heavy atom. The average molecular weight is 255 g/mol. The molecule has 0 radical (unpaired) electrons. The molecule has 0 unspecified atom stereocenters. The highest BCUT2D eigenvalue weighted by Gasteiger charge is 2.42. The summed E-state index contributed by atoms with van der Waals surface area (Å²) in [6, 6.07) is 6.39. The maximum absolute atomic E-state index is 5.69. The molecule has 1 aliphatic heterocycles. The number of fused-ring (bicyclic) bond motifs is 1. The zero-order valence-corrected chi connectivity index (χ0v) is 9.34. The van der Waals surface area contributed by atoms with Crippen LogP contribution in [-0.2, 0) is 22.3 Å². The predicted molar refractivity (Wildman–Crippen MR) is 56.2 cm³/mol. The van der Waals surface area contributed by atoms with Gasteiger partial charge in [0, 0.05) is 17.3 Å². The number of hydrogen-bond donors (Lipinski definition) is 0. The first-order valence-corrected chi connectivity index (χ1v) is 5.62. The normalized spacial score (nSPS) is 22.9. The van der Waals surface area contributed by atoms with Gasteiger partial charge >= 0.3 is 0 Å². The lowest BCUT2D eigenvalue weighted by Gasteiger charge is -2.20. The van der Waals surface area contributed by atoms with Crippen molar-refractivity contribution in [3.8, 4) is 0 Å². The van der Waals surface area contributed by atoms with Crippen LogP contribution in [0.4, 0.5) is 0 Å². The summed E-state index contributed by atoms with van der Waals surface area (Å²) in [5.74, 6) is -0.330. The molecule has 1 fully saturated rings. The van der Waals surface area contributed by atoms with E-state index in [1.54, 1.807) is 0 Å². The highest BCUT2D eigenvalue weighted by atomic mass is 79.9. The van der Waals surface area contributed by atoms with Crippen LogP contribution in [0.1, 0.15) is 11.1 Å². The van der Waals surface area contributed by atoms with E-state index in [-0.39, 0.29) is 5.79 Å². The van der Waals surface area contributed by atoms with Crippen LogP contribution in [0.15, 0.2) is 22.7 Å². The minimum absolute atomic E-state index is 0.330. The fourth-order valence-electron chi connectivity index (χ4n) is 2.28. The summed E-state index contributed by atoms with van der Waals surface area (Å²) < 4.78 is 12.5. The quantitative estimate of drug-likeness (QED) is 0.708. The van der Waals surface area contributed by atoms with E-state index in [4.69, 9.17) is 9.47 Å². The van der Waals surface area contributed by atoms with Crippen molar-refractivity contribution in [2.75, 3.05) is 13.2 Å². The van der Waals surface area contributed by atoms with E-state index in [9.17, 15) is 0 Å². The highest BCUT2D eigenvalue weighted by molar-refractivity contribution is 9.10. The van der Waals surface area contributed by atoms with Gasteiger partial charge in [-0.1, -0.05) is 22.0 Å². The lowest BCUT2D eigenvalue weighted by atomic mass is 10.1. The minimum Gasteiger partial charge on any atom is -0.347 e. The molecule has 1 saturated heterocycles. The van der Waals surface area contributed by atoms with Gasteiger partial charge in [0.05, 0.1) is 13.2 Å². The van der Waals surface area contributed by atoms with Crippen molar-refractivity contribution in [3.63, 3.8) is 0 Å². The molecule has 1 spiro atoms. The Hall–Kier alpha value is -0.380. The number of hydrogen-bond acceptors (Lipinski definition) is 2. The van der Waals surface area contributed by atoms with Crippen LogP contribution in [0.5, 0.6) is 0 Å². The lowest BCUT2D eigenvalue weighted by molar-refractivity contribution is -0.147. The third-order valence-electron chi connectivity index (χ3n) is 2.90. The maximum Gasteiger partial charge on any atom is 0.176 e. The van der Waals surface area contributed by atoms with E-state index in [0.29, 0.717) is 0 Å². The summed E-state index contributed by atoms with van der Waals surface area (Å²) in [4.78, 5) is 0. The zero-order valence-electron chi connectivity index (χ0n) is 7.75. The third-order valence-corrected chi connectivity index (χ3v) is 3.39. The fourth-order valence-corrected chi connectivity index (χ4v) is 2.68. The first-order valence-electron chi connectivity index (χ1n) is 4.83. The molecule has 3 heteroatoms. The topological polar surface area (TPSA) is 18.5 Å². The highest BCUT2D eigenvalue weighted by Crippen LogP contribution is 2.37. The molecule has 1 aromatic carbocycles. The molecule has 0 bridgehead atoms. The molecule has 3 rings (SSSR count). The first kappa shape index (κ1) is 8.89. The Morgan fingerprint density at radius 2 is 1.79 bits per heavy atom. The number of rotatable bonds is 0. The maximum atomic E-state index is 5.69. The molecule has 0 amide bonds. The second kappa shape index (κ2) is 3.05. The van der Waals surface area contributed by atoms with Gasteiger partial charge in [-0.25, -0.2) is 0 Å². The molecular weight excluding hydrogens is 244 g/mol. The van der Waals surface area contributed by atoms with Crippen molar-refractivity contribution in [3.05, 3.63) is 33.8 Å². The molecule has 1 heterocycles. The summed E-state index contributed by atoms with van der Waals surface area (Å²) >= 11 is 3.48. The average Bonchev–Trinajstić information content (AvgIpc) is 2.72. The van der Waals surface area contributed by atoms with E-state index in [2.05, 4.69) is 34.1 Å². The van der Waals surface area contributed by atoms with Crippen molar-refractivity contribution < 1.29 is 9.47 Å². The van der Waals surface area contributed by atoms with Gasteiger partial charge in [0.15, 0.2) is 5.79 Å². The summed E-state index contributed by atoms with van der Waals surface area (Å²) in [6.07, 6.45) is 1.79. The van der Waals surface area contributed by atoms with Crippen molar-refractivity contribution >= 4 is 15.9 Å². The molecule has 0 aromatic heterocycles. The molecule has 0 N–H and O–H groups in total. The van der Waals surface area contributed by atoms with Crippen LogP contribution >= 0.6 is 15.9 Å². The van der Waals surface area contributed by atoms with Gasteiger partial charge in [0.25, 0.3) is 0 Å². The lowest BCUT2D eigenvalue weighted by Crippen LogP contribution is -2.30. The fraction of sp³-hybridized carbons (Fsp3) is 0.455. The van der Waals surface area contributed by atoms with E-state index >= 15 is 0 Å². The molecule has 0 saturated carbocycles. The Bertz CT molecular complexity index is 370. The van der Waals surface area contributed by atoms with Crippen molar-refractivity contribution in [1.82, 2.24) is 0 Å². The predicted octanol–water partition coefficient (Wildman–Crippen LogP) is 2.29. The van der Waals surface area contributed by atoms with Crippen LogP contribution < -0.4 is 0 Å². The van der Waals surface area contributed by atoms with E-state index in [1.165, 1.54) is 11.1 Å². The summed E-state index contributed by atoms with van der Waals surface area (Å²) in [6.45, 7) is 1.46. The van der Waals surface area contributed by atoms with Crippen molar-refractivity contribution in [2.24, 2.45) is 0 Å². The molecular formula is C11H11BrO2. The Labute approximate surface area is 91.3 Å². The van der Waals surface area contributed by atoms with Gasteiger partial charge < -0.3 is 9.47 Å². The SMILES string of the molecule is Brc1ccc2c(c1)CC1(C2)OCCO1. The van der Waals surface area contributed by atoms with Crippen LogP contribution in [0.25, 0.3) is 0 Å². The Kier molecular flexibility index (Phi) is 1.94. The monoisotopic (exact) mass is 254 g/mol. The smallest absolute Gasteiger partial charge is 0.176 e. The zero-order chi connectivity index (χ0) is 9.60. The van der Waals surface area contributed by atoms with Crippen LogP contribution in [0, 0.1) is 0 Å². The van der Waals surface area contributed by atoms with E-state index in [0.717, 1.165) is 30.5 Å². The molecule has 2 nitrogen and oxygen atoms in total. The second-order valence-corrected chi connectivity index (χ2v) is 4.79. The Balaban J connectivity index is 1.96. The van der Waals surface area contributed by atoms with Gasteiger partial charge in [-0.15, -0.1) is 0 Å². The standard InChI is InChI=1S/C11H11BrO2/c12-10-2-1-8-6-11(7-9(8)5-10)13-3-4-14-11/h1-2,5H,3-4,6-7H2. The number of benzene rings is 1. The van der Waals surface area contributed by atoms with Crippen LogP contribution in [0.2, 0.25) is 0 Å². The van der Waals surface area contributed by atoms with E-state index in [1.807, 2.05) is 0 Å². The Morgan fingerprint density at radius 3 is 2.57 bits per heavy atom. The number of ether oxygens (including phenoxy) is 2. The van der Waals surface area contributed by atoms with Gasteiger partial charge in [0.2, 0.25) is 0 Å². The second-order valence-electron chi connectivity index (χ2n) is 3.87. The number of halogens is 1. The molecule has 0 atom stereocenters. The largest absolute Gasteiger partial charge is 0.347 e. The first-order chi connectivity index (χ1) is 6.77. The van der Waals surface area contributed by atoms with Gasteiger partial charge in [-0.3, -0.25) is 0 Å². The molecule has 2 aliphatic rings. The summed E-state index contributed by atoms with van der Waals surface area (Å²) in [5, 5.41) is 0. The molecule has 14 heavy (non-hydrogen) atoms. The van der Waals surface area contributed by atoms with Crippen molar-refractivity contribution in [2.45, 2.75) is 18.6 Å². The van der Waals surface area contributed by atoms with E-state index < -0.39 is 0 Å². The van der Waals surface area contributed by atoms with Gasteiger partial charge in [0.1, 0.15) is 0 Å². The summed E-state index contributed by atoms with van der Waals surface area (Å²) in [7, 11) is 0. The van der Waals surface area contributed by atoms with Gasteiger partial charge in [-0.2, -0.15) is 0 Å². The summed E-state index contributed by atoms with van der Waals surface area (Å²) in [5.41, 5.74) is 2.70. The molecule has 1 aliphatic carbocycles. The van der Waals surface area contributed by atoms with Crippen LogP contribution in [-0.4, -0.2) is 19.0 Å². The van der Waals surface area contributed by atoms with Crippen molar-refractivity contribution in [1.29, 1.82) is 0 Å². The minimum atomic E-state index is -0.330. The molecule has 1 aromatic rings. The third kappa shape index (κ3) is 1.31. The van der Waals surface area contributed by atoms with Gasteiger partial charge in [-0.05, 0) is 23.3 Å².